The molecule has 2 N–H and O–H groups in total. The van der Waals surface area contributed by atoms with E-state index in [0.717, 1.165) is 16.0 Å². The molecule has 0 saturated heterocycles. The summed E-state index contributed by atoms with van der Waals surface area (Å²) in [4.78, 5) is 28.9. The van der Waals surface area contributed by atoms with Gasteiger partial charge in [-0.1, -0.05) is 6.07 Å². The second-order valence-electron chi connectivity index (χ2n) is 7.90. The number of nitrogens with zero attached hydrogens (tertiary/aromatic N) is 1. The number of hydrogen-bond acceptors (Lipinski definition) is 7. The SMILES string of the molecule is COC(=O)c1ccc(SCC(C)(C)NC(=O)NCc2ccc(-c3cnco3)c(OC)c2)cc1. The standard InChI is InChI=1S/C24H27N3O5S/c1-24(2,14-33-18-8-6-17(7-9-18)22(28)31-4)27-23(29)26-12-16-5-10-19(20(11-16)30-3)21-13-25-15-32-21/h5-11,13,15H,12,14H2,1-4H3,(H2,26,27,29). The molecule has 33 heavy (non-hydrogen) atoms. The highest BCUT2D eigenvalue weighted by atomic mass is 32.2. The predicted octanol–water partition coefficient (Wildman–Crippen LogP) is 4.51. The molecule has 0 saturated carbocycles. The molecule has 174 valence electrons. The van der Waals surface area contributed by atoms with Gasteiger partial charge in [0.25, 0.3) is 0 Å². The van der Waals surface area contributed by atoms with Gasteiger partial charge in [-0.25, -0.2) is 14.6 Å². The van der Waals surface area contributed by atoms with Crippen LogP contribution in [0.15, 0.2) is 64.4 Å². The molecule has 0 atom stereocenters. The third kappa shape index (κ3) is 6.76. The number of benzene rings is 2. The minimum absolute atomic E-state index is 0.264. The molecule has 2 amide bonds. The van der Waals surface area contributed by atoms with Gasteiger partial charge >= 0.3 is 12.0 Å². The molecular formula is C24H27N3O5S. The van der Waals surface area contributed by atoms with E-state index >= 15 is 0 Å². The van der Waals surface area contributed by atoms with Crippen molar-refractivity contribution in [3.8, 4) is 17.1 Å². The first-order chi connectivity index (χ1) is 15.8. The van der Waals surface area contributed by atoms with Crippen molar-refractivity contribution in [3.05, 3.63) is 66.2 Å². The fourth-order valence-corrected chi connectivity index (χ4v) is 3.96. The fourth-order valence-electron chi connectivity index (χ4n) is 3.04. The van der Waals surface area contributed by atoms with E-state index in [-0.39, 0.29) is 12.0 Å². The summed E-state index contributed by atoms with van der Waals surface area (Å²) in [5.74, 6) is 1.54. The van der Waals surface area contributed by atoms with E-state index in [0.29, 0.717) is 29.4 Å². The minimum Gasteiger partial charge on any atom is -0.496 e. The highest BCUT2D eigenvalue weighted by Gasteiger charge is 2.21. The summed E-state index contributed by atoms with van der Waals surface area (Å²) >= 11 is 1.59. The van der Waals surface area contributed by atoms with Crippen LogP contribution in [0.1, 0.15) is 29.8 Å². The number of urea groups is 1. The molecule has 1 heterocycles. The van der Waals surface area contributed by atoms with Gasteiger partial charge in [0.05, 0.1) is 31.5 Å². The van der Waals surface area contributed by atoms with Crippen LogP contribution in [0.2, 0.25) is 0 Å². The molecule has 0 spiro atoms. The van der Waals surface area contributed by atoms with Crippen molar-refractivity contribution in [2.45, 2.75) is 30.8 Å². The third-order valence-electron chi connectivity index (χ3n) is 4.74. The van der Waals surface area contributed by atoms with Gasteiger partial charge in [-0.2, -0.15) is 0 Å². The second kappa shape index (κ2) is 10.9. The molecule has 2 aromatic carbocycles. The van der Waals surface area contributed by atoms with Crippen LogP contribution in [0.3, 0.4) is 0 Å². The number of oxazole rings is 1. The summed E-state index contributed by atoms with van der Waals surface area (Å²) in [5.41, 5.74) is 1.73. The van der Waals surface area contributed by atoms with Gasteiger partial charge in [-0.15, -0.1) is 11.8 Å². The largest absolute Gasteiger partial charge is 0.496 e. The lowest BCUT2D eigenvalue weighted by atomic mass is 10.1. The zero-order valence-corrected chi connectivity index (χ0v) is 19.8. The Hall–Kier alpha value is -3.46. The molecule has 1 aromatic heterocycles. The molecule has 0 radical (unpaired) electrons. The maximum atomic E-state index is 12.5. The average molecular weight is 470 g/mol. The molecule has 8 nitrogen and oxygen atoms in total. The maximum absolute atomic E-state index is 12.5. The summed E-state index contributed by atoms with van der Waals surface area (Å²) in [6.45, 7) is 4.26. The van der Waals surface area contributed by atoms with Gasteiger partial charge in [0.1, 0.15) is 5.75 Å². The van der Waals surface area contributed by atoms with Gasteiger partial charge in [0.2, 0.25) is 0 Å². The Kier molecular flexibility index (Phi) is 8.00. The molecule has 0 unspecified atom stereocenters. The van der Waals surface area contributed by atoms with E-state index in [2.05, 4.69) is 15.6 Å². The summed E-state index contributed by atoms with van der Waals surface area (Å²) in [7, 11) is 2.94. The van der Waals surface area contributed by atoms with Gasteiger partial charge in [-0.05, 0) is 55.8 Å². The molecule has 9 heteroatoms. The van der Waals surface area contributed by atoms with Crippen molar-refractivity contribution < 1.29 is 23.5 Å². The van der Waals surface area contributed by atoms with E-state index in [4.69, 9.17) is 13.9 Å². The van der Waals surface area contributed by atoms with Crippen molar-refractivity contribution in [2.75, 3.05) is 20.0 Å². The summed E-state index contributed by atoms with van der Waals surface area (Å²) in [6, 6.07) is 12.6. The number of amides is 2. The van der Waals surface area contributed by atoms with Crippen LogP contribution in [-0.4, -0.2) is 42.5 Å². The number of esters is 1. The van der Waals surface area contributed by atoms with Gasteiger partial charge in [-0.3, -0.25) is 0 Å². The zero-order valence-electron chi connectivity index (χ0n) is 19.0. The zero-order chi connectivity index (χ0) is 23.8. The lowest BCUT2D eigenvalue weighted by molar-refractivity contribution is 0.0600. The Balaban J connectivity index is 1.51. The first-order valence-corrected chi connectivity index (χ1v) is 11.2. The highest BCUT2D eigenvalue weighted by molar-refractivity contribution is 7.99. The number of methoxy groups -OCH3 is 2. The van der Waals surface area contributed by atoms with Gasteiger partial charge in [0.15, 0.2) is 12.2 Å². The number of thioether (sulfide) groups is 1. The molecule has 0 bridgehead atoms. The normalized spacial score (nSPS) is 11.0. The molecule has 0 aliphatic rings. The van der Waals surface area contributed by atoms with Crippen LogP contribution in [0.25, 0.3) is 11.3 Å². The first-order valence-electron chi connectivity index (χ1n) is 10.2. The molecule has 0 aliphatic carbocycles. The van der Waals surface area contributed by atoms with E-state index in [1.165, 1.54) is 13.5 Å². The number of aromatic nitrogens is 1. The lowest BCUT2D eigenvalue weighted by Gasteiger charge is -2.26. The smallest absolute Gasteiger partial charge is 0.337 e. The predicted molar refractivity (Wildman–Crippen MR) is 126 cm³/mol. The monoisotopic (exact) mass is 469 g/mol. The highest BCUT2D eigenvalue weighted by Crippen LogP contribution is 2.30. The summed E-state index contributed by atoms with van der Waals surface area (Å²) in [5, 5.41) is 5.88. The van der Waals surface area contributed by atoms with Crippen LogP contribution in [0, 0.1) is 0 Å². The van der Waals surface area contributed by atoms with Crippen LogP contribution < -0.4 is 15.4 Å². The maximum Gasteiger partial charge on any atom is 0.337 e. The van der Waals surface area contributed by atoms with Crippen molar-refractivity contribution >= 4 is 23.8 Å². The third-order valence-corrected chi connectivity index (χ3v) is 6.22. The van der Waals surface area contributed by atoms with Crippen molar-refractivity contribution in [2.24, 2.45) is 0 Å². The molecule has 3 rings (SSSR count). The lowest BCUT2D eigenvalue weighted by Crippen LogP contribution is -2.49. The molecule has 0 fully saturated rings. The van der Waals surface area contributed by atoms with Crippen molar-refractivity contribution in [3.63, 3.8) is 0 Å². The Morgan fingerprint density at radius 1 is 1.12 bits per heavy atom. The van der Waals surface area contributed by atoms with Gasteiger partial charge in [0, 0.05) is 22.7 Å². The van der Waals surface area contributed by atoms with E-state index in [1.807, 2.05) is 44.2 Å². The van der Waals surface area contributed by atoms with E-state index in [1.54, 1.807) is 37.2 Å². The fraction of sp³-hybridized carbons (Fsp3) is 0.292. The van der Waals surface area contributed by atoms with Crippen LogP contribution in [0.5, 0.6) is 5.75 Å². The Bertz CT molecular complexity index is 1080. The molecule has 3 aromatic rings. The Morgan fingerprint density at radius 3 is 2.52 bits per heavy atom. The number of rotatable bonds is 9. The van der Waals surface area contributed by atoms with Crippen LogP contribution in [-0.2, 0) is 11.3 Å². The quantitative estimate of drug-likeness (QED) is 0.351. The van der Waals surface area contributed by atoms with Crippen molar-refractivity contribution in [1.29, 1.82) is 0 Å². The number of ether oxygens (including phenoxy) is 2. The van der Waals surface area contributed by atoms with Crippen molar-refractivity contribution in [1.82, 2.24) is 15.6 Å². The van der Waals surface area contributed by atoms with Crippen LogP contribution in [0.4, 0.5) is 4.79 Å². The van der Waals surface area contributed by atoms with E-state index < -0.39 is 5.54 Å². The number of carbonyl (C=O) groups is 2. The minimum atomic E-state index is -0.455. The summed E-state index contributed by atoms with van der Waals surface area (Å²) < 4.78 is 15.5. The number of nitrogens with one attached hydrogen (secondary N) is 2. The van der Waals surface area contributed by atoms with E-state index in [9.17, 15) is 9.59 Å². The topological polar surface area (TPSA) is 103 Å². The summed E-state index contributed by atoms with van der Waals surface area (Å²) in [6.07, 6.45) is 2.99. The van der Waals surface area contributed by atoms with Crippen LogP contribution >= 0.6 is 11.8 Å². The Labute approximate surface area is 197 Å². The van der Waals surface area contributed by atoms with Gasteiger partial charge < -0.3 is 24.5 Å². The average Bonchev–Trinajstić information content (AvgIpc) is 3.35. The second-order valence-corrected chi connectivity index (χ2v) is 8.95. The first kappa shape index (κ1) is 24.2. The molecule has 0 aliphatic heterocycles. The number of carbonyl (C=O) groups excluding carboxylic acids is 2. The molecular weight excluding hydrogens is 442 g/mol. The number of hydrogen-bond donors (Lipinski definition) is 2. The Morgan fingerprint density at radius 2 is 1.88 bits per heavy atom.